The van der Waals surface area contributed by atoms with Crippen molar-refractivity contribution in [2.45, 2.75) is 64.3 Å². The van der Waals surface area contributed by atoms with E-state index < -0.39 is 0 Å². The number of carbonyl (C=O) groups is 1. The molecule has 1 N–H and O–H groups in total. The molecule has 1 amide bonds. The molecule has 3 rings (SSSR count). The van der Waals surface area contributed by atoms with Gasteiger partial charge in [-0.1, -0.05) is 6.07 Å². The molecule has 1 aliphatic carbocycles. The number of nitrogens with zero attached hydrogens (tertiary/aromatic N) is 3. The minimum Gasteiger partial charge on any atom is -0.369 e. The smallest absolute Gasteiger partial charge is 0.220 e. The van der Waals surface area contributed by atoms with E-state index in [1.165, 1.54) is 25.3 Å². The second kappa shape index (κ2) is 11.3. The van der Waals surface area contributed by atoms with Crippen LogP contribution < -0.4 is 10.2 Å². The summed E-state index contributed by atoms with van der Waals surface area (Å²) in [6, 6.07) is 7.76. The van der Waals surface area contributed by atoms with Crippen LogP contribution in [0.2, 0.25) is 0 Å². The lowest BCUT2D eigenvalue weighted by Gasteiger charge is -2.38. The summed E-state index contributed by atoms with van der Waals surface area (Å²) in [5.74, 6) is 0.726. The highest BCUT2D eigenvalue weighted by atomic mass is 19.1. The van der Waals surface area contributed by atoms with Crippen LogP contribution in [0.4, 0.5) is 10.1 Å². The van der Waals surface area contributed by atoms with Crippen LogP contribution in [0.25, 0.3) is 0 Å². The summed E-state index contributed by atoms with van der Waals surface area (Å²) in [7, 11) is 0. The fourth-order valence-electron chi connectivity index (χ4n) is 4.74. The van der Waals surface area contributed by atoms with Crippen molar-refractivity contribution < 1.29 is 9.18 Å². The molecule has 6 heteroatoms. The normalized spacial score (nSPS) is 22.5. The van der Waals surface area contributed by atoms with Crippen LogP contribution in [0.3, 0.4) is 0 Å². The molecule has 2 aliphatic rings. The van der Waals surface area contributed by atoms with Crippen molar-refractivity contribution in [3.05, 3.63) is 29.6 Å². The van der Waals surface area contributed by atoms with Crippen molar-refractivity contribution in [2.75, 3.05) is 37.6 Å². The molecule has 1 aromatic rings. The van der Waals surface area contributed by atoms with Crippen molar-refractivity contribution in [1.29, 1.82) is 5.26 Å². The van der Waals surface area contributed by atoms with Crippen molar-refractivity contribution in [3.8, 4) is 6.07 Å². The Morgan fingerprint density at radius 1 is 1.20 bits per heavy atom. The summed E-state index contributed by atoms with van der Waals surface area (Å²) < 4.78 is 13.8. The zero-order valence-electron chi connectivity index (χ0n) is 18.2. The number of anilines is 1. The number of hydrogen-bond donors (Lipinski definition) is 1. The van der Waals surface area contributed by atoms with Gasteiger partial charge in [0.25, 0.3) is 0 Å². The molecule has 2 fully saturated rings. The number of piperazine rings is 1. The van der Waals surface area contributed by atoms with E-state index in [0.29, 0.717) is 25.3 Å². The standard InChI is InChI=1S/C24H35FN4O/c1-19-22(25)5-4-6-23(19)29-17-15-28(16-18-29)14-12-20-8-10-21(11-9-20)27-24(30)7-2-3-13-26/h4-6,20-21H,2-3,7-12,14-18H2,1H3,(H,27,30)/t20-,21-. The Morgan fingerprint density at radius 3 is 2.63 bits per heavy atom. The minimum absolute atomic E-state index is 0.0973. The van der Waals surface area contributed by atoms with Crippen LogP contribution in [-0.2, 0) is 4.79 Å². The van der Waals surface area contributed by atoms with Gasteiger partial charge in [0.2, 0.25) is 5.91 Å². The lowest BCUT2D eigenvalue weighted by molar-refractivity contribution is -0.122. The van der Waals surface area contributed by atoms with E-state index >= 15 is 0 Å². The summed E-state index contributed by atoms with van der Waals surface area (Å²) in [5, 5.41) is 11.7. The van der Waals surface area contributed by atoms with Crippen LogP contribution in [0.5, 0.6) is 0 Å². The number of unbranched alkanes of at least 4 members (excludes halogenated alkanes) is 1. The molecule has 1 aliphatic heterocycles. The molecule has 1 saturated carbocycles. The van der Waals surface area contributed by atoms with Gasteiger partial charge in [0, 0.05) is 56.3 Å². The van der Waals surface area contributed by atoms with E-state index in [4.69, 9.17) is 5.26 Å². The topological polar surface area (TPSA) is 59.4 Å². The van der Waals surface area contributed by atoms with Crippen molar-refractivity contribution in [2.24, 2.45) is 5.92 Å². The molecule has 164 valence electrons. The van der Waals surface area contributed by atoms with E-state index in [1.54, 1.807) is 6.07 Å². The summed E-state index contributed by atoms with van der Waals surface area (Å²) >= 11 is 0. The molecule has 0 radical (unpaired) electrons. The van der Waals surface area contributed by atoms with Gasteiger partial charge >= 0.3 is 0 Å². The fourth-order valence-corrected chi connectivity index (χ4v) is 4.74. The molecular weight excluding hydrogens is 379 g/mol. The van der Waals surface area contributed by atoms with Gasteiger partial charge < -0.3 is 10.2 Å². The highest BCUT2D eigenvalue weighted by Crippen LogP contribution is 2.28. The molecular formula is C24H35FN4O. The zero-order chi connectivity index (χ0) is 21.3. The predicted molar refractivity (Wildman–Crippen MR) is 118 cm³/mol. The number of nitrogens with one attached hydrogen (secondary N) is 1. The van der Waals surface area contributed by atoms with Gasteiger partial charge in [0.1, 0.15) is 5.82 Å². The molecule has 30 heavy (non-hydrogen) atoms. The Hall–Kier alpha value is -2.13. The summed E-state index contributed by atoms with van der Waals surface area (Å²) in [5.41, 5.74) is 1.78. The number of benzene rings is 1. The highest BCUT2D eigenvalue weighted by Gasteiger charge is 2.24. The zero-order valence-corrected chi connectivity index (χ0v) is 18.2. The van der Waals surface area contributed by atoms with Gasteiger partial charge in [0.15, 0.2) is 0 Å². The van der Waals surface area contributed by atoms with E-state index in [0.717, 1.165) is 62.7 Å². The highest BCUT2D eigenvalue weighted by molar-refractivity contribution is 5.76. The lowest BCUT2D eigenvalue weighted by Crippen LogP contribution is -2.47. The summed E-state index contributed by atoms with van der Waals surface area (Å²) in [6.07, 6.45) is 7.32. The Balaban J connectivity index is 1.32. The van der Waals surface area contributed by atoms with E-state index in [9.17, 15) is 9.18 Å². The van der Waals surface area contributed by atoms with Gasteiger partial charge in [-0.15, -0.1) is 0 Å². The van der Waals surface area contributed by atoms with E-state index in [2.05, 4.69) is 21.2 Å². The third-order valence-corrected chi connectivity index (χ3v) is 6.71. The molecule has 1 saturated heterocycles. The number of amides is 1. The summed E-state index contributed by atoms with van der Waals surface area (Å²) in [6.45, 7) is 6.96. The van der Waals surface area contributed by atoms with Crippen LogP contribution in [0.15, 0.2) is 18.2 Å². The minimum atomic E-state index is -0.121. The van der Waals surface area contributed by atoms with Gasteiger partial charge in [-0.3, -0.25) is 9.69 Å². The number of carbonyl (C=O) groups excluding carboxylic acids is 1. The Bertz CT molecular complexity index is 731. The summed E-state index contributed by atoms with van der Waals surface area (Å²) in [4.78, 5) is 16.8. The van der Waals surface area contributed by atoms with Crippen LogP contribution in [0.1, 0.15) is 56.9 Å². The Kier molecular flexibility index (Phi) is 8.50. The van der Waals surface area contributed by atoms with Crippen LogP contribution in [0, 0.1) is 30.0 Å². The maximum Gasteiger partial charge on any atom is 0.220 e. The molecule has 0 aromatic heterocycles. The van der Waals surface area contributed by atoms with Crippen LogP contribution in [-0.4, -0.2) is 49.6 Å². The Morgan fingerprint density at radius 2 is 1.93 bits per heavy atom. The molecule has 0 unspecified atom stereocenters. The first-order valence-corrected chi connectivity index (χ1v) is 11.5. The van der Waals surface area contributed by atoms with Gasteiger partial charge in [-0.2, -0.15) is 5.26 Å². The monoisotopic (exact) mass is 414 g/mol. The second-order valence-corrected chi connectivity index (χ2v) is 8.80. The maximum atomic E-state index is 13.8. The van der Waals surface area contributed by atoms with Crippen LogP contribution >= 0.6 is 0 Å². The third-order valence-electron chi connectivity index (χ3n) is 6.71. The largest absolute Gasteiger partial charge is 0.369 e. The maximum absolute atomic E-state index is 13.8. The second-order valence-electron chi connectivity index (χ2n) is 8.80. The fraction of sp³-hybridized carbons (Fsp3) is 0.667. The average molecular weight is 415 g/mol. The third kappa shape index (κ3) is 6.43. The SMILES string of the molecule is Cc1c(F)cccc1N1CCN(CC[C@H]2CC[C@H](NC(=O)CCCC#N)CC2)CC1. The van der Waals surface area contributed by atoms with Crippen molar-refractivity contribution in [1.82, 2.24) is 10.2 Å². The van der Waals surface area contributed by atoms with E-state index in [-0.39, 0.29) is 11.7 Å². The molecule has 0 atom stereocenters. The average Bonchev–Trinajstić information content (AvgIpc) is 2.76. The van der Waals surface area contributed by atoms with E-state index in [1.807, 2.05) is 13.0 Å². The lowest BCUT2D eigenvalue weighted by atomic mass is 9.84. The van der Waals surface area contributed by atoms with Gasteiger partial charge in [-0.25, -0.2) is 4.39 Å². The predicted octanol–water partition coefficient (Wildman–Crippen LogP) is 4.02. The molecule has 0 bridgehead atoms. The molecule has 5 nitrogen and oxygen atoms in total. The number of hydrogen-bond acceptors (Lipinski definition) is 4. The molecule has 1 heterocycles. The Labute approximate surface area is 180 Å². The van der Waals surface area contributed by atoms with Crippen molar-refractivity contribution >= 4 is 11.6 Å². The first-order chi connectivity index (χ1) is 14.6. The number of halogens is 1. The first kappa shape index (κ1) is 22.6. The molecule has 0 spiro atoms. The number of nitriles is 1. The van der Waals surface area contributed by atoms with Gasteiger partial charge in [0.05, 0.1) is 6.07 Å². The molecule has 1 aromatic carbocycles. The first-order valence-electron chi connectivity index (χ1n) is 11.5. The number of rotatable bonds is 8. The van der Waals surface area contributed by atoms with Gasteiger partial charge in [-0.05, 0) is 70.0 Å². The van der Waals surface area contributed by atoms with Crippen molar-refractivity contribution in [3.63, 3.8) is 0 Å². The quantitative estimate of drug-likeness (QED) is 0.653.